The van der Waals surface area contributed by atoms with Crippen molar-refractivity contribution in [2.45, 2.75) is 6.04 Å². The number of aliphatic hydroxyl groups excluding tert-OH is 1. The molecule has 0 aliphatic carbocycles. The zero-order chi connectivity index (χ0) is 23.5. The Morgan fingerprint density at radius 3 is 2.33 bits per heavy atom. The number of likely N-dealkylation sites (tertiary alicyclic amines) is 1. The monoisotopic (exact) mass is 455 g/mol. The van der Waals surface area contributed by atoms with Gasteiger partial charge in [0.05, 0.1) is 32.4 Å². The van der Waals surface area contributed by atoms with Crippen molar-refractivity contribution in [3.05, 3.63) is 53.1 Å². The van der Waals surface area contributed by atoms with Crippen molar-refractivity contribution in [1.82, 2.24) is 4.90 Å². The largest absolute Gasteiger partial charge is 0.506 e. The highest BCUT2D eigenvalue weighted by molar-refractivity contribution is 6.46. The van der Waals surface area contributed by atoms with Crippen LogP contribution >= 0.6 is 0 Å². The van der Waals surface area contributed by atoms with Gasteiger partial charge in [-0.15, -0.1) is 0 Å². The lowest BCUT2D eigenvalue weighted by atomic mass is 9.94. The van der Waals surface area contributed by atoms with Gasteiger partial charge in [-0.2, -0.15) is 0 Å². The molecule has 9 heteroatoms. The summed E-state index contributed by atoms with van der Waals surface area (Å²) in [6.07, 6.45) is 0. The molecule has 1 saturated heterocycles. The quantitative estimate of drug-likeness (QED) is 0.386. The number of carbonyl (C=O) groups excluding carboxylic acids is 2. The summed E-state index contributed by atoms with van der Waals surface area (Å²) in [5, 5.41) is 11.4. The summed E-state index contributed by atoms with van der Waals surface area (Å²) in [7, 11) is 4.40. The van der Waals surface area contributed by atoms with Gasteiger partial charge in [0.25, 0.3) is 11.7 Å². The second-order valence-corrected chi connectivity index (χ2v) is 7.43. The molecule has 9 nitrogen and oxygen atoms in total. The van der Waals surface area contributed by atoms with Crippen molar-refractivity contribution in [2.24, 2.45) is 0 Å². The van der Waals surface area contributed by atoms with Crippen molar-refractivity contribution in [3.63, 3.8) is 0 Å². The van der Waals surface area contributed by atoms with E-state index in [4.69, 9.17) is 23.7 Å². The molecule has 2 aliphatic heterocycles. The number of amides is 1. The average Bonchev–Trinajstić information content (AvgIpc) is 3.10. The number of aliphatic hydroxyl groups is 1. The van der Waals surface area contributed by atoms with Gasteiger partial charge in [-0.1, -0.05) is 12.1 Å². The Labute approximate surface area is 191 Å². The van der Waals surface area contributed by atoms with Crippen LogP contribution in [0.25, 0.3) is 5.76 Å². The van der Waals surface area contributed by atoms with Crippen LogP contribution in [0, 0.1) is 0 Å². The maximum absolute atomic E-state index is 13.2. The van der Waals surface area contributed by atoms with E-state index in [0.29, 0.717) is 41.8 Å². The molecule has 2 aliphatic rings. The van der Waals surface area contributed by atoms with Crippen molar-refractivity contribution in [1.29, 1.82) is 0 Å². The van der Waals surface area contributed by atoms with E-state index >= 15 is 0 Å². The fourth-order valence-electron chi connectivity index (χ4n) is 4.10. The smallest absolute Gasteiger partial charge is 0.295 e. The summed E-state index contributed by atoms with van der Waals surface area (Å²) < 4.78 is 27.2. The summed E-state index contributed by atoms with van der Waals surface area (Å²) in [4.78, 5) is 27.6. The van der Waals surface area contributed by atoms with Crippen molar-refractivity contribution in [2.75, 3.05) is 47.7 Å². The minimum absolute atomic E-state index is 0.0735. The number of methoxy groups -OCH3 is 3. The SMILES string of the molecule is COCCN1C(=O)C(=O)/C(=C(/O)c2c(OC)cccc2OC)C1c1ccc2c(c1)OCCO2. The number of carbonyl (C=O) groups is 2. The molecular weight excluding hydrogens is 430 g/mol. The van der Waals surface area contributed by atoms with Crippen molar-refractivity contribution >= 4 is 17.4 Å². The molecular formula is C24H25NO8. The fourth-order valence-corrected chi connectivity index (χ4v) is 4.10. The Balaban J connectivity index is 1.92. The molecule has 0 saturated carbocycles. The van der Waals surface area contributed by atoms with E-state index in [9.17, 15) is 14.7 Å². The number of ketones is 1. The number of hydrogen-bond acceptors (Lipinski definition) is 8. The molecule has 1 atom stereocenters. The Kier molecular flexibility index (Phi) is 6.41. The molecule has 1 unspecified atom stereocenters. The number of benzene rings is 2. The van der Waals surface area contributed by atoms with E-state index in [1.807, 2.05) is 0 Å². The molecule has 0 radical (unpaired) electrons. The van der Waals surface area contributed by atoms with Crippen LogP contribution in [0.15, 0.2) is 42.0 Å². The van der Waals surface area contributed by atoms with Crippen LogP contribution in [-0.2, 0) is 14.3 Å². The zero-order valence-corrected chi connectivity index (χ0v) is 18.6. The Hall–Kier alpha value is -3.72. The van der Waals surface area contributed by atoms with Crippen molar-refractivity contribution in [3.8, 4) is 23.0 Å². The first-order chi connectivity index (χ1) is 16.0. The van der Waals surface area contributed by atoms with Gasteiger partial charge >= 0.3 is 0 Å². The van der Waals surface area contributed by atoms with Crippen LogP contribution < -0.4 is 18.9 Å². The van der Waals surface area contributed by atoms with Crippen molar-refractivity contribution < 1.29 is 38.4 Å². The van der Waals surface area contributed by atoms with Crippen LogP contribution in [0.5, 0.6) is 23.0 Å². The molecule has 4 rings (SSSR count). The molecule has 1 amide bonds. The first-order valence-corrected chi connectivity index (χ1v) is 10.4. The summed E-state index contributed by atoms with van der Waals surface area (Å²) in [6, 6.07) is 9.29. The third-order valence-corrected chi connectivity index (χ3v) is 5.62. The third kappa shape index (κ3) is 3.95. The van der Waals surface area contributed by atoms with E-state index in [-0.39, 0.29) is 30.0 Å². The molecule has 2 aromatic rings. The highest BCUT2D eigenvalue weighted by Gasteiger charge is 2.46. The van der Waals surface area contributed by atoms with Gasteiger partial charge < -0.3 is 33.7 Å². The maximum Gasteiger partial charge on any atom is 0.295 e. The third-order valence-electron chi connectivity index (χ3n) is 5.62. The minimum Gasteiger partial charge on any atom is -0.506 e. The second-order valence-electron chi connectivity index (χ2n) is 7.43. The number of hydrogen-bond donors (Lipinski definition) is 1. The van der Waals surface area contributed by atoms with Gasteiger partial charge in [-0.25, -0.2) is 0 Å². The van der Waals surface area contributed by atoms with Crippen LogP contribution in [0.3, 0.4) is 0 Å². The lowest BCUT2D eigenvalue weighted by Gasteiger charge is -2.27. The maximum atomic E-state index is 13.2. The first kappa shape index (κ1) is 22.5. The summed E-state index contributed by atoms with van der Waals surface area (Å²) >= 11 is 0. The predicted octanol–water partition coefficient (Wildman–Crippen LogP) is 2.54. The Morgan fingerprint density at radius 1 is 1.03 bits per heavy atom. The number of Topliss-reactive ketones (excluding diaryl/α,β-unsaturated/α-hetero) is 1. The van der Waals surface area contributed by atoms with Crippen LogP contribution in [0.1, 0.15) is 17.2 Å². The highest BCUT2D eigenvalue weighted by Crippen LogP contribution is 2.45. The topological polar surface area (TPSA) is 104 Å². The molecule has 1 fully saturated rings. The van der Waals surface area contributed by atoms with Gasteiger partial charge in [0, 0.05) is 13.7 Å². The van der Waals surface area contributed by atoms with Gasteiger partial charge in [-0.05, 0) is 29.8 Å². The molecule has 0 spiro atoms. The van der Waals surface area contributed by atoms with Gasteiger partial charge in [0.1, 0.15) is 36.0 Å². The molecule has 1 N–H and O–H groups in total. The number of nitrogens with zero attached hydrogens (tertiary/aromatic N) is 1. The minimum atomic E-state index is -0.870. The van der Waals surface area contributed by atoms with Gasteiger partial charge in [-0.3, -0.25) is 9.59 Å². The number of ether oxygens (including phenoxy) is 5. The average molecular weight is 455 g/mol. The highest BCUT2D eigenvalue weighted by atomic mass is 16.6. The van der Waals surface area contributed by atoms with Crippen LogP contribution in [0.4, 0.5) is 0 Å². The summed E-state index contributed by atoms with van der Waals surface area (Å²) in [6.45, 7) is 1.19. The van der Waals surface area contributed by atoms with Crippen LogP contribution in [-0.4, -0.2) is 69.4 Å². The zero-order valence-electron chi connectivity index (χ0n) is 18.6. The van der Waals surface area contributed by atoms with E-state index < -0.39 is 17.7 Å². The number of fused-ring (bicyclic) bond motifs is 1. The normalized spacial score (nSPS) is 19.0. The molecule has 0 aromatic heterocycles. The standard InChI is InChI=1S/C24H25NO8/c1-29-10-9-25-21(14-7-8-15-18(13-14)33-12-11-32-15)20(23(27)24(25)28)22(26)19-16(30-2)5-4-6-17(19)31-3/h4-8,13,21,26H,9-12H2,1-3H3/b22-20+. The first-order valence-electron chi connectivity index (χ1n) is 10.4. The van der Waals surface area contributed by atoms with E-state index in [1.165, 1.54) is 26.2 Å². The van der Waals surface area contributed by atoms with E-state index in [2.05, 4.69) is 0 Å². The molecule has 0 bridgehead atoms. The summed E-state index contributed by atoms with van der Waals surface area (Å²) in [5.41, 5.74) is 0.704. The predicted molar refractivity (Wildman–Crippen MR) is 118 cm³/mol. The number of rotatable bonds is 7. The van der Waals surface area contributed by atoms with E-state index in [1.54, 1.807) is 36.4 Å². The Bertz CT molecular complexity index is 1090. The fraction of sp³-hybridized carbons (Fsp3) is 0.333. The van der Waals surface area contributed by atoms with E-state index in [0.717, 1.165) is 0 Å². The second kappa shape index (κ2) is 9.41. The Morgan fingerprint density at radius 2 is 1.70 bits per heavy atom. The molecule has 33 heavy (non-hydrogen) atoms. The molecule has 2 aromatic carbocycles. The van der Waals surface area contributed by atoms with Crippen LogP contribution in [0.2, 0.25) is 0 Å². The summed E-state index contributed by atoms with van der Waals surface area (Å²) in [5.74, 6) is -0.246. The van der Waals surface area contributed by atoms with Gasteiger partial charge in [0.15, 0.2) is 11.5 Å². The lowest BCUT2D eigenvalue weighted by molar-refractivity contribution is -0.140. The van der Waals surface area contributed by atoms with Gasteiger partial charge in [0.2, 0.25) is 0 Å². The lowest BCUT2D eigenvalue weighted by Crippen LogP contribution is -2.32. The molecule has 2 heterocycles. The molecule has 174 valence electrons.